The quantitative estimate of drug-likeness (QED) is 0.116. The van der Waals surface area contributed by atoms with Crippen LogP contribution in [0.1, 0.15) is 146 Å². The van der Waals surface area contributed by atoms with Gasteiger partial charge in [0.15, 0.2) is 0 Å². The van der Waals surface area contributed by atoms with Gasteiger partial charge in [-0.15, -0.1) is 0 Å². The molecule has 0 bridgehead atoms. The van der Waals surface area contributed by atoms with Crippen molar-refractivity contribution in [1.29, 1.82) is 0 Å². The first kappa shape index (κ1) is 42.1. The Morgan fingerprint density at radius 3 is 1.13 bits per heavy atom. The third kappa shape index (κ3) is 20.1. The molecule has 0 aliphatic carbocycles. The van der Waals surface area contributed by atoms with Gasteiger partial charge in [0.2, 0.25) is 9.84 Å². The number of rotatable bonds is 22. The SMILES string of the molecule is C/C=C(\C/C=C(\C)CC/C=C(\C)CC/C=C(\C)CC/C=C(\C)CC/C=C(\C)CC/C=C(\C)CCC=C(C)C)S(=O)(=O)c1ccccc1. The van der Waals surface area contributed by atoms with E-state index in [1.165, 1.54) is 51.9 Å². The van der Waals surface area contributed by atoms with Crippen LogP contribution in [0.15, 0.2) is 128 Å². The summed E-state index contributed by atoms with van der Waals surface area (Å²) in [4.78, 5) is 0.819. The van der Waals surface area contributed by atoms with Crippen LogP contribution in [-0.4, -0.2) is 8.42 Å². The van der Waals surface area contributed by atoms with Gasteiger partial charge < -0.3 is 0 Å². The summed E-state index contributed by atoms with van der Waals surface area (Å²) in [5, 5.41) is 0. The van der Waals surface area contributed by atoms with Crippen molar-refractivity contribution in [1.82, 2.24) is 0 Å². The Hall–Kier alpha value is -2.91. The molecule has 0 saturated carbocycles. The summed E-state index contributed by atoms with van der Waals surface area (Å²) >= 11 is 0. The second-order valence-corrected chi connectivity index (χ2v) is 15.6. The lowest BCUT2D eigenvalue weighted by Gasteiger charge is -2.08. The van der Waals surface area contributed by atoms with Crippen LogP contribution in [0.5, 0.6) is 0 Å². The fourth-order valence-corrected chi connectivity index (χ4v) is 6.77. The molecule has 0 spiro atoms. The molecule has 0 radical (unpaired) electrons. The molecule has 0 unspecified atom stereocenters. The first-order valence-corrected chi connectivity index (χ1v) is 19.4. The fraction of sp³-hybridized carbons (Fsp3) is 0.500. The van der Waals surface area contributed by atoms with Crippen molar-refractivity contribution in [2.45, 2.75) is 151 Å². The van der Waals surface area contributed by atoms with Crippen molar-refractivity contribution < 1.29 is 8.42 Å². The fourth-order valence-electron chi connectivity index (χ4n) is 5.34. The summed E-state index contributed by atoms with van der Waals surface area (Å²) in [6.45, 7) is 19.5. The molecular formula is C44H66O2S. The van der Waals surface area contributed by atoms with Crippen LogP contribution in [0.3, 0.4) is 0 Å². The molecule has 0 aliphatic rings. The van der Waals surface area contributed by atoms with Crippen molar-refractivity contribution in [3.63, 3.8) is 0 Å². The maximum absolute atomic E-state index is 12.9. The second kappa shape index (κ2) is 24.3. The van der Waals surface area contributed by atoms with E-state index in [4.69, 9.17) is 0 Å². The average Bonchev–Trinajstić information content (AvgIpc) is 3.01. The van der Waals surface area contributed by atoms with Gasteiger partial charge in [-0.1, -0.05) is 106 Å². The van der Waals surface area contributed by atoms with Crippen molar-refractivity contribution in [3.05, 3.63) is 123 Å². The largest absolute Gasteiger partial charge is 0.219 e. The summed E-state index contributed by atoms with van der Waals surface area (Å²) < 4.78 is 25.9. The van der Waals surface area contributed by atoms with Crippen molar-refractivity contribution in [2.24, 2.45) is 0 Å². The van der Waals surface area contributed by atoms with Crippen molar-refractivity contribution >= 4 is 9.84 Å². The van der Waals surface area contributed by atoms with Crippen molar-refractivity contribution in [3.8, 4) is 0 Å². The summed E-state index contributed by atoms with van der Waals surface area (Å²) in [7, 11) is -3.43. The Bertz CT molecular complexity index is 1420. The molecule has 0 aliphatic heterocycles. The molecule has 1 aromatic rings. The minimum absolute atomic E-state index is 0.360. The number of sulfone groups is 1. The molecule has 2 nitrogen and oxygen atoms in total. The average molecular weight is 659 g/mol. The van der Waals surface area contributed by atoms with E-state index >= 15 is 0 Å². The van der Waals surface area contributed by atoms with Gasteiger partial charge in [-0.25, -0.2) is 8.42 Å². The third-order valence-electron chi connectivity index (χ3n) is 8.62. The first-order chi connectivity index (χ1) is 22.3. The van der Waals surface area contributed by atoms with Crippen LogP contribution in [0.25, 0.3) is 0 Å². The molecule has 260 valence electrons. The summed E-state index contributed by atoms with van der Waals surface area (Å²) in [6, 6.07) is 8.70. The van der Waals surface area contributed by atoms with E-state index in [0.717, 1.165) is 64.2 Å². The molecular weight excluding hydrogens is 593 g/mol. The topological polar surface area (TPSA) is 34.1 Å². The Labute approximate surface area is 290 Å². The van der Waals surface area contributed by atoms with E-state index in [-0.39, 0.29) is 0 Å². The van der Waals surface area contributed by atoms with E-state index in [1.54, 1.807) is 37.3 Å². The minimum Gasteiger partial charge on any atom is -0.219 e. The third-order valence-corrected chi connectivity index (χ3v) is 10.6. The van der Waals surface area contributed by atoms with Gasteiger partial charge >= 0.3 is 0 Å². The van der Waals surface area contributed by atoms with Gasteiger partial charge in [0.1, 0.15) is 0 Å². The van der Waals surface area contributed by atoms with Gasteiger partial charge in [0.05, 0.1) is 4.90 Å². The zero-order chi connectivity index (χ0) is 35.1. The van der Waals surface area contributed by atoms with Crippen LogP contribution >= 0.6 is 0 Å². The maximum Gasteiger partial charge on any atom is 0.202 e. The molecule has 0 saturated heterocycles. The Kier molecular flexibility index (Phi) is 21.7. The number of benzene rings is 1. The number of hydrogen-bond donors (Lipinski definition) is 0. The van der Waals surface area contributed by atoms with Crippen molar-refractivity contribution in [2.75, 3.05) is 0 Å². The van der Waals surface area contributed by atoms with E-state index in [9.17, 15) is 8.42 Å². The zero-order valence-electron chi connectivity index (χ0n) is 31.4. The first-order valence-electron chi connectivity index (χ1n) is 17.9. The molecule has 0 atom stereocenters. The Balaban J connectivity index is 2.34. The standard InChI is InChI=1S/C44H66O2S/c1-10-43(47(45,46)44-32-12-11-13-33-44)35-34-42(9)31-19-30-41(8)29-18-28-40(7)27-17-26-39(6)25-16-24-38(5)23-15-22-37(4)21-14-20-36(2)3/h10-13,20,22,24,26,28,30,32-34H,14-19,21,23,25,27,29,31,35H2,1-9H3/b37-22+,38-24+,39-26+,40-28+,41-30+,42-34+,43-10+. The lowest BCUT2D eigenvalue weighted by atomic mass is 10.0. The molecule has 0 fully saturated rings. The van der Waals surface area contributed by atoms with Crippen LogP contribution in [0.2, 0.25) is 0 Å². The summed E-state index contributed by atoms with van der Waals surface area (Å²) in [6.07, 6.45) is 31.9. The van der Waals surface area contributed by atoms with Gasteiger partial charge in [0.25, 0.3) is 0 Å². The second-order valence-electron chi connectivity index (χ2n) is 13.6. The van der Waals surface area contributed by atoms with E-state index in [2.05, 4.69) is 97.9 Å². The zero-order valence-corrected chi connectivity index (χ0v) is 32.2. The smallest absolute Gasteiger partial charge is 0.202 e. The van der Waals surface area contributed by atoms with Gasteiger partial charge in [-0.05, 0) is 151 Å². The molecule has 1 rings (SSSR count). The summed E-state index contributed by atoms with van der Waals surface area (Å²) in [5.41, 5.74) is 10.1. The van der Waals surface area contributed by atoms with Gasteiger partial charge in [-0.2, -0.15) is 0 Å². The number of hydrogen-bond acceptors (Lipinski definition) is 2. The minimum atomic E-state index is -3.43. The summed E-state index contributed by atoms with van der Waals surface area (Å²) in [5.74, 6) is 0. The Morgan fingerprint density at radius 2 is 0.809 bits per heavy atom. The highest BCUT2D eigenvalue weighted by atomic mass is 32.2. The highest BCUT2D eigenvalue weighted by Gasteiger charge is 2.18. The van der Waals surface area contributed by atoms with Crippen LogP contribution < -0.4 is 0 Å². The van der Waals surface area contributed by atoms with Crippen LogP contribution in [0, 0.1) is 0 Å². The monoisotopic (exact) mass is 658 g/mol. The maximum atomic E-state index is 12.9. The molecule has 0 aromatic heterocycles. The lowest BCUT2D eigenvalue weighted by Crippen LogP contribution is -2.04. The van der Waals surface area contributed by atoms with E-state index in [1.807, 2.05) is 6.07 Å². The number of allylic oxidation sites excluding steroid dienone is 16. The molecule has 0 heterocycles. The predicted octanol–water partition coefficient (Wildman–Crippen LogP) is 14.1. The lowest BCUT2D eigenvalue weighted by molar-refractivity contribution is 0.601. The molecule has 47 heavy (non-hydrogen) atoms. The van der Waals surface area contributed by atoms with Crippen LogP contribution in [-0.2, 0) is 9.84 Å². The van der Waals surface area contributed by atoms with E-state index in [0.29, 0.717) is 16.2 Å². The molecule has 1 aromatic carbocycles. The normalized spacial score (nSPS) is 14.5. The molecule has 0 N–H and O–H groups in total. The van der Waals surface area contributed by atoms with Gasteiger partial charge in [0, 0.05) is 11.3 Å². The van der Waals surface area contributed by atoms with Crippen LogP contribution in [0.4, 0.5) is 0 Å². The predicted molar refractivity (Wildman–Crippen MR) is 209 cm³/mol. The van der Waals surface area contributed by atoms with Gasteiger partial charge in [-0.3, -0.25) is 0 Å². The highest BCUT2D eigenvalue weighted by molar-refractivity contribution is 7.95. The molecule has 3 heteroatoms. The highest BCUT2D eigenvalue weighted by Crippen LogP contribution is 2.23. The Morgan fingerprint density at radius 1 is 0.489 bits per heavy atom. The molecule has 0 amide bonds. The van der Waals surface area contributed by atoms with E-state index < -0.39 is 9.84 Å².